The van der Waals surface area contributed by atoms with Crippen LogP contribution in [0.15, 0.2) is 18.2 Å². The lowest BCUT2D eigenvalue weighted by atomic mass is 10.1. The van der Waals surface area contributed by atoms with Crippen LogP contribution in [0.1, 0.15) is 18.1 Å². The lowest BCUT2D eigenvalue weighted by Gasteiger charge is -2.37. The highest BCUT2D eigenvalue weighted by Gasteiger charge is 2.25. The first-order valence-corrected chi connectivity index (χ1v) is 6.69. The van der Waals surface area contributed by atoms with Gasteiger partial charge in [-0.25, -0.2) is 0 Å². The molecule has 1 N–H and O–H groups in total. The zero-order valence-electron chi connectivity index (χ0n) is 10.9. The predicted octanol–water partition coefficient (Wildman–Crippen LogP) is 2.23. The van der Waals surface area contributed by atoms with Gasteiger partial charge in [-0.1, -0.05) is 23.7 Å². The third kappa shape index (κ3) is 3.23. The Hall–Kier alpha value is -0.610. The van der Waals surface area contributed by atoms with Crippen molar-refractivity contribution in [3.8, 4) is 0 Å². The summed E-state index contributed by atoms with van der Waals surface area (Å²) in [6.07, 6.45) is -0.0675. The molecule has 0 amide bonds. The summed E-state index contributed by atoms with van der Waals surface area (Å²) in [6.45, 7) is 6.52. The van der Waals surface area contributed by atoms with Gasteiger partial charge in [-0.3, -0.25) is 4.90 Å². The van der Waals surface area contributed by atoms with E-state index in [-0.39, 0.29) is 12.7 Å². The number of hydrogen-bond donors (Lipinski definition) is 1. The number of aryl methyl sites for hydroxylation is 1. The molecule has 1 heterocycles. The van der Waals surface area contributed by atoms with Gasteiger partial charge in [-0.15, -0.1) is 0 Å². The molecule has 100 valence electrons. The fraction of sp³-hybridized carbons (Fsp3) is 0.571. The number of halogens is 1. The topological polar surface area (TPSA) is 32.7 Å². The summed E-state index contributed by atoms with van der Waals surface area (Å²) in [5.74, 6) is 0. The highest BCUT2D eigenvalue weighted by molar-refractivity contribution is 6.31. The lowest BCUT2D eigenvalue weighted by molar-refractivity contribution is -0.0805. The Morgan fingerprint density at radius 1 is 1.50 bits per heavy atom. The maximum atomic E-state index is 9.17. The first kappa shape index (κ1) is 13.8. The van der Waals surface area contributed by atoms with Crippen molar-refractivity contribution in [2.45, 2.75) is 32.5 Å². The molecule has 3 nitrogen and oxygen atoms in total. The average molecular weight is 270 g/mol. The summed E-state index contributed by atoms with van der Waals surface area (Å²) in [5.41, 5.74) is 2.31. The Balaban J connectivity index is 2.04. The molecule has 1 saturated heterocycles. The van der Waals surface area contributed by atoms with E-state index in [9.17, 15) is 0 Å². The summed E-state index contributed by atoms with van der Waals surface area (Å²) >= 11 is 6.14. The van der Waals surface area contributed by atoms with Gasteiger partial charge in [0.25, 0.3) is 0 Å². The number of nitrogens with zero attached hydrogens (tertiary/aromatic N) is 1. The van der Waals surface area contributed by atoms with Gasteiger partial charge in [-0.2, -0.15) is 0 Å². The van der Waals surface area contributed by atoms with E-state index in [0.717, 1.165) is 23.7 Å². The van der Waals surface area contributed by atoms with E-state index < -0.39 is 0 Å². The molecule has 1 aliphatic rings. The van der Waals surface area contributed by atoms with Crippen LogP contribution in [0.5, 0.6) is 0 Å². The first-order valence-electron chi connectivity index (χ1n) is 6.31. The van der Waals surface area contributed by atoms with E-state index in [1.165, 1.54) is 5.56 Å². The second-order valence-corrected chi connectivity index (χ2v) is 5.41. The van der Waals surface area contributed by atoms with Crippen molar-refractivity contribution in [3.63, 3.8) is 0 Å². The van der Waals surface area contributed by atoms with Gasteiger partial charge in [0.1, 0.15) is 0 Å². The molecule has 18 heavy (non-hydrogen) atoms. The molecule has 4 heteroatoms. The molecule has 0 aromatic heterocycles. The van der Waals surface area contributed by atoms with Crippen molar-refractivity contribution in [1.29, 1.82) is 0 Å². The van der Waals surface area contributed by atoms with Crippen molar-refractivity contribution in [3.05, 3.63) is 34.3 Å². The number of morpholine rings is 1. The molecule has 0 unspecified atom stereocenters. The molecule has 0 aliphatic carbocycles. The Morgan fingerprint density at radius 2 is 2.28 bits per heavy atom. The second-order valence-electron chi connectivity index (χ2n) is 5.00. The van der Waals surface area contributed by atoms with Crippen molar-refractivity contribution < 1.29 is 9.84 Å². The van der Waals surface area contributed by atoms with Crippen LogP contribution in [0.25, 0.3) is 0 Å². The Labute approximate surface area is 113 Å². The third-order valence-corrected chi connectivity index (χ3v) is 3.87. The SMILES string of the molecule is Cc1ccc(CN2C[C@@H](CO)OC[C@@H]2C)cc1Cl. The molecular weight excluding hydrogens is 250 g/mol. The number of rotatable bonds is 3. The number of hydrogen-bond acceptors (Lipinski definition) is 3. The fourth-order valence-electron chi connectivity index (χ4n) is 2.18. The fourth-order valence-corrected chi connectivity index (χ4v) is 2.38. The highest BCUT2D eigenvalue weighted by atomic mass is 35.5. The van der Waals surface area contributed by atoms with E-state index in [1.807, 2.05) is 19.1 Å². The molecule has 1 fully saturated rings. The van der Waals surface area contributed by atoms with Gasteiger partial charge in [-0.05, 0) is 31.0 Å². The number of benzene rings is 1. The van der Waals surface area contributed by atoms with Gasteiger partial charge >= 0.3 is 0 Å². The summed E-state index contributed by atoms with van der Waals surface area (Å²) in [7, 11) is 0. The van der Waals surface area contributed by atoms with Crippen LogP contribution in [0.2, 0.25) is 5.02 Å². The number of ether oxygens (including phenoxy) is 1. The zero-order chi connectivity index (χ0) is 13.1. The predicted molar refractivity (Wildman–Crippen MR) is 72.9 cm³/mol. The molecule has 1 aromatic rings. The largest absolute Gasteiger partial charge is 0.394 e. The Morgan fingerprint density at radius 3 is 2.94 bits per heavy atom. The van der Waals surface area contributed by atoms with Crippen LogP contribution in [0, 0.1) is 6.92 Å². The van der Waals surface area contributed by atoms with Crippen LogP contribution >= 0.6 is 11.6 Å². The molecular formula is C14H20ClNO2. The van der Waals surface area contributed by atoms with Crippen LogP contribution in [0.4, 0.5) is 0 Å². The normalized spacial score (nSPS) is 25.3. The molecule has 0 bridgehead atoms. The van der Waals surface area contributed by atoms with E-state index >= 15 is 0 Å². The zero-order valence-corrected chi connectivity index (χ0v) is 11.7. The Kier molecular flexibility index (Phi) is 4.62. The molecule has 0 saturated carbocycles. The van der Waals surface area contributed by atoms with Crippen LogP contribution in [0.3, 0.4) is 0 Å². The highest BCUT2D eigenvalue weighted by Crippen LogP contribution is 2.20. The van der Waals surface area contributed by atoms with Gasteiger partial charge in [0.05, 0.1) is 19.3 Å². The summed E-state index contributed by atoms with van der Waals surface area (Å²) in [4.78, 5) is 2.32. The lowest BCUT2D eigenvalue weighted by Crippen LogP contribution is -2.48. The van der Waals surface area contributed by atoms with Gasteiger partial charge in [0.2, 0.25) is 0 Å². The summed E-state index contributed by atoms with van der Waals surface area (Å²) in [6, 6.07) is 6.55. The smallest absolute Gasteiger partial charge is 0.0933 e. The second kappa shape index (κ2) is 6.02. The van der Waals surface area contributed by atoms with Crippen molar-refractivity contribution in [2.24, 2.45) is 0 Å². The molecule has 0 spiro atoms. The van der Waals surface area contributed by atoms with E-state index in [1.54, 1.807) is 0 Å². The molecule has 2 rings (SSSR count). The molecule has 1 aliphatic heterocycles. The Bertz CT molecular complexity index is 411. The molecule has 0 radical (unpaired) electrons. The summed E-state index contributed by atoms with van der Waals surface area (Å²) < 4.78 is 5.53. The van der Waals surface area contributed by atoms with Crippen molar-refractivity contribution >= 4 is 11.6 Å². The van der Waals surface area contributed by atoms with Crippen molar-refractivity contribution in [1.82, 2.24) is 4.90 Å². The van der Waals surface area contributed by atoms with Gasteiger partial charge in [0, 0.05) is 24.2 Å². The average Bonchev–Trinajstić information content (AvgIpc) is 2.36. The van der Waals surface area contributed by atoms with E-state index in [2.05, 4.69) is 17.9 Å². The number of aliphatic hydroxyl groups excluding tert-OH is 1. The number of aliphatic hydroxyl groups is 1. The standard InChI is InChI=1S/C14H20ClNO2/c1-10-3-4-12(5-14(10)15)6-16-7-13(8-17)18-9-11(16)2/h3-5,11,13,17H,6-9H2,1-2H3/t11-,13-/m0/s1. The minimum Gasteiger partial charge on any atom is -0.394 e. The maximum absolute atomic E-state index is 9.17. The minimum absolute atomic E-state index is 0.0675. The van der Waals surface area contributed by atoms with Crippen LogP contribution in [-0.2, 0) is 11.3 Å². The monoisotopic (exact) mass is 269 g/mol. The first-order chi connectivity index (χ1) is 8.60. The van der Waals surface area contributed by atoms with E-state index in [4.69, 9.17) is 21.4 Å². The molecule has 1 aromatic carbocycles. The van der Waals surface area contributed by atoms with Gasteiger partial charge < -0.3 is 9.84 Å². The van der Waals surface area contributed by atoms with Gasteiger partial charge in [0.15, 0.2) is 0 Å². The van der Waals surface area contributed by atoms with Crippen molar-refractivity contribution in [2.75, 3.05) is 19.8 Å². The third-order valence-electron chi connectivity index (χ3n) is 3.46. The van der Waals surface area contributed by atoms with Crippen LogP contribution < -0.4 is 0 Å². The maximum Gasteiger partial charge on any atom is 0.0933 e. The van der Waals surface area contributed by atoms with E-state index in [0.29, 0.717) is 12.6 Å². The molecule has 2 atom stereocenters. The summed E-state index contributed by atoms with van der Waals surface area (Å²) in [5, 5.41) is 9.98. The quantitative estimate of drug-likeness (QED) is 0.913. The minimum atomic E-state index is -0.0675. The van der Waals surface area contributed by atoms with Crippen LogP contribution in [-0.4, -0.2) is 41.9 Å².